The Hall–Kier alpha value is -3.86. The Kier molecular flexibility index (Phi) is 8.48. The van der Waals surface area contributed by atoms with Crippen LogP contribution in [-0.4, -0.2) is 47.3 Å². The fraction of sp³-hybridized carbons (Fsp3) is 0.292. The van der Waals surface area contributed by atoms with Gasteiger partial charge in [-0.15, -0.1) is 11.8 Å². The number of rotatable bonds is 9. The third-order valence-electron chi connectivity index (χ3n) is 5.24. The molecule has 2 atom stereocenters. The number of ether oxygens (including phenoxy) is 3. The van der Waals surface area contributed by atoms with Gasteiger partial charge in [0.2, 0.25) is 0 Å². The lowest BCUT2D eigenvalue weighted by molar-refractivity contribution is -0.384. The number of nitro benzene ring substituents is 1. The van der Waals surface area contributed by atoms with E-state index in [9.17, 15) is 19.7 Å². The van der Waals surface area contributed by atoms with Crippen LogP contribution in [0, 0.1) is 10.1 Å². The monoisotopic (exact) mass is 499 g/mol. The molecular formula is C24H25N3O7S. The van der Waals surface area contributed by atoms with Gasteiger partial charge in [0, 0.05) is 24.0 Å². The molecule has 2 aromatic rings. The van der Waals surface area contributed by atoms with E-state index in [0.29, 0.717) is 22.7 Å². The lowest BCUT2D eigenvalue weighted by Gasteiger charge is -2.33. The summed E-state index contributed by atoms with van der Waals surface area (Å²) in [6.45, 7) is 3.41. The van der Waals surface area contributed by atoms with Gasteiger partial charge in [0.15, 0.2) is 5.44 Å². The summed E-state index contributed by atoms with van der Waals surface area (Å²) in [5.74, 6) is -1.89. The first-order chi connectivity index (χ1) is 16.8. The molecule has 0 fully saturated rings. The van der Waals surface area contributed by atoms with E-state index in [2.05, 4.69) is 10.3 Å². The summed E-state index contributed by atoms with van der Waals surface area (Å²) in [6, 6.07) is 9.23. The van der Waals surface area contributed by atoms with E-state index in [0.717, 1.165) is 0 Å². The molecule has 1 aliphatic rings. The summed E-state index contributed by atoms with van der Waals surface area (Å²) in [5, 5.41) is 14.6. The number of carbonyl (C=O) groups is 2. The Morgan fingerprint density at radius 2 is 2.00 bits per heavy atom. The molecule has 2 unspecified atom stereocenters. The highest BCUT2D eigenvalue weighted by atomic mass is 32.2. The number of hydrogen-bond donors (Lipinski definition) is 1. The van der Waals surface area contributed by atoms with Crippen LogP contribution in [0.4, 0.5) is 5.69 Å². The van der Waals surface area contributed by atoms with Gasteiger partial charge in [-0.25, -0.2) is 9.59 Å². The molecule has 10 nitrogen and oxygen atoms in total. The van der Waals surface area contributed by atoms with Gasteiger partial charge >= 0.3 is 11.9 Å². The summed E-state index contributed by atoms with van der Waals surface area (Å²) in [5.41, 5.74) is 0.492. The summed E-state index contributed by atoms with van der Waals surface area (Å²) in [7, 11) is 1.23. The minimum absolute atomic E-state index is 0.0842. The zero-order chi connectivity index (χ0) is 25.5. The van der Waals surface area contributed by atoms with Gasteiger partial charge in [-0.1, -0.05) is 12.1 Å². The van der Waals surface area contributed by atoms with Crippen molar-refractivity contribution in [1.82, 2.24) is 10.3 Å². The average molecular weight is 500 g/mol. The SMILES string of the molecule is CCOC(=O)C1=C(C(Oc2cccnc2)SC)NC(C)=C(C(=O)OC)C1c1cccc([N+](=O)[O-])c1. The van der Waals surface area contributed by atoms with Gasteiger partial charge in [-0.2, -0.15) is 0 Å². The molecule has 3 rings (SSSR count). The average Bonchev–Trinajstić information content (AvgIpc) is 2.86. The van der Waals surface area contributed by atoms with Crippen LogP contribution < -0.4 is 10.1 Å². The fourth-order valence-electron chi connectivity index (χ4n) is 3.77. The van der Waals surface area contributed by atoms with Gasteiger partial charge in [-0.05, 0) is 37.8 Å². The maximum atomic E-state index is 13.3. The van der Waals surface area contributed by atoms with Crippen molar-refractivity contribution in [2.45, 2.75) is 25.2 Å². The number of thioether (sulfide) groups is 1. The largest absolute Gasteiger partial charge is 0.472 e. The molecule has 184 valence electrons. The molecule has 0 saturated carbocycles. The number of methoxy groups -OCH3 is 1. The number of nitrogens with zero attached hydrogens (tertiary/aromatic N) is 2. The van der Waals surface area contributed by atoms with Crippen LogP contribution in [0.1, 0.15) is 25.3 Å². The molecule has 0 radical (unpaired) electrons. The van der Waals surface area contributed by atoms with Gasteiger partial charge in [-0.3, -0.25) is 15.1 Å². The molecule has 35 heavy (non-hydrogen) atoms. The summed E-state index contributed by atoms with van der Waals surface area (Å²) >= 11 is 1.31. The van der Waals surface area contributed by atoms with Gasteiger partial charge in [0.1, 0.15) is 5.75 Å². The number of benzene rings is 1. The van der Waals surface area contributed by atoms with Crippen LogP contribution in [0.2, 0.25) is 0 Å². The number of nitrogens with one attached hydrogen (secondary N) is 1. The normalized spacial score (nSPS) is 16.3. The highest BCUT2D eigenvalue weighted by molar-refractivity contribution is 7.99. The molecule has 1 N–H and O–H groups in total. The Balaban J connectivity index is 2.26. The molecule has 1 aromatic carbocycles. The van der Waals surface area contributed by atoms with Crippen LogP contribution in [0.3, 0.4) is 0 Å². The van der Waals surface area contributed by atoms with E-state index in [1.165, 1.54) is 43.3 Å². The third kappa shape index (κ3) is 5.62. The van der Waals surface area contributed by atoms with E-state index in [4.69, 9.17) is 14.2 Å². The number of nitro groups is 1. The first kappa shape index (κ1) is 25.8. The van der Waals surface area contributed by atoms with Crippen LogP contribution in [-0.2, 0) is 19.1 Å². The van der Waals surface area contributed by atoms with Crippen LogP contribution in [0.25, 0.3) is 0 Å². The quantitative estimate of drug-likeness (QED) is 0.236. The molecule has 2 heterocycles. The minimum Gasteiger partial charge on any atom is -0.472 e. The number of dihydropyridines is 1. The fourth-order valence-corrected chi connectivity index (χ4v) is 4.40. The molecule has 1 aromatic heterocycles. The van der Waals surface area contributed by atoms with Crippen molar-refractivity contribution >= 4 is 29.4 Å². The molecule has 1 aliphatic heterocycles. The second kappa shape index (κ2) is 11.5. The van der Waals surface area contributed by atoms with Crippen molar-refractivity contribution in [2.75, 3.05) is 20.0 Å². The number of pyridine rings is 1. The predicted octanol–water partition coefficient (Wildman–Crippen LogP) is 3.71. The Bertz CT molecular complexity index is 1180. The van der Waals surface area contributed by atoms with Gasteiger partial charge in [0.05, 0.1) is 47.6 Å². The van der Waals surface area contributed by atoms with Gasteiger partial charge < -0.3 is 19.5 Å². The lowest BCUT2D eigenvalue weighted by Crippen LogP contribution is -2.38. The Morgan fingerprint density at radius 3 is 2.60 bits per heavy atom. The highest BCUT2D eigenvalue weighted by Gasteiger charge is 2.41. The molecule has 0 aliphatic carbocycles. The van der Waals surface area contributed by atoms with E-state index in [-0.39, 0.29) is 23.4 Å². The Labute approximate surface area is 206 Å². The highest BCUT2D eigenvalue weighted by Crippen LogP contribution is 2.42. The van der Waals surface area contributed by atoms with E-state index in [1.54, 1.807) is 44.5 Å². The topological polar surface area (TPSA) is 130 Å². The lowest BCUT2D eigenvalue weighted by atomic mass is 9.80. The maximum Gasteiger partial charge on any atom is 0.336 e. The van der Waals surface area contributed by atoms with Crippen LogP contribution in [0.5, 0.6) is 5.75 Å². The summed E-state index contributed by atoms with van der Waals surface area (Å²) in [6.07, 6.45) is 4.95. The van der Waals surface area contributed by atoms with E-state index in [1.807, 2.05) is 0 Å². The van der Waals surface area contributed by atoms with Crippen molar-refractivity contribution in [2.24, 2.45) is 0 Å². The molecule has 0 amide bonds. The van der Waals surface area contributed by atoms with Crippen molar-refractivity contribution in [3.63, 3.8) is 0 Å². The second-order valence-electron chi connectivity index (χ2n) is 7.36. The van der Waals surface area contributed by atoms with E-state index >= 15 is 0 Å². The molecule has 0 bridgehead atoms. The van der Waals surface area contributed by atoms with E-state index < -0.39 is 28.2 Å². The summed E-state index contributed by atoms with van der Waals surface area (Å²) < 4.78 is 16.5. The first-order valence-corrected chi connectivity index (χ1v) is 11.9. The molecular weight excluding hydrogens is 474 g/mol. The first-order valence-electron chi connectivity index (χ1n) is 10.6. The number of non-ortho nitro benzene ring substituents is 1. The van der Waals surface area contributed by atoms with Crippen molar-refractivity contribution in [3.05, 3.63) is 87.0 Å². The van der Waals surface area contributed by atoms with Crippen LogP contribution >= 0.6 is 11.8 Å². The van der Waals surface area contributed by atoms with Crippen molar-refractivity contribution in [1.29, 1.82) is 0 Å². The number of allylic oxidation sites excluding steroid dienone is 1. The zero-order valence-corrected chi connectivity index (χ0v) is 20.5. The number of aromatic nitrogens is 1. The van der Waals surface area contributed by atoms with Crippen molar-refractivity contribution < 1.29 is 28.7 Å². The molecule has 0 saturated heterocycles. The molecule has 0 spiro atoms. The summed E-state index contributed by atoms with van der Waals surface area (Å²) in [4.78, 5) is 41.2. The smallest absolute Gasteiger partial charge is 0.336 e. The van der Waals surface area contributed by atoms with Crippen LogP contribution in [0.15, 0.2) is 71.3 Å². The number of esters is 2. The number of hydrogen-bond acceptors (Lipinski definition) is 10. The predicted molar refractivity (Wildman–Crippen MR) is 130 cm³/mol. The number of carbonyl (C=O) groups excluding carboxylic acids is 2. The van der Waals surface area contributed by atoms with Gasteiger partial charge in [0.25, 0.3) is 5.69 Å². The zero-order valence-electron chi connectivity index (χ0n) is 19.6. The standard InChI is InChI=1S/C24H25N3O7S/c1-5-33-23(29)20-19(15-8-6-9-16(12-15)27(30)31)18(22(28)32-3)14(2)26-21(20)24(35-4)34-17-10-7-11-25-13-17/h6-13,19,24,26H,5H2,1-4H3. The second-order valence-corrected chi connectivity index (χ2v) is 8.26. The maximum absolute atomic E-state index is 13.3. The van der Waals surface area contributed by atoms with Crippen molar-refractivity contribution in [3.8, 4) is 5.75 Å². The Morgan fingerprint density at radius 1 is 1.23 bits per heavy atom. The molecule has 11 heteroatoms. The minimum atomic E-state index is -0.996. The third-order valence-corrected chi connectivity index (χ3v) is 6.00.